The van der Waals surface area contributed by atoms with Gasteiger partial charge in [-0.1, -0.05) is 13.8 Å². The van der Waals surface area contributed by atoms with Crippen molar-refractivity contribution in [3.05, 3.63) is 23.7 Å². The average molecular weight is 236 g/mol. The molecule has 0 amide bonds. The molecular weight excluding hydrogens is 212 g/mol. The van der Waals surface area contributed by atoms with Gasteiger partial charge < -0.3 is 9.73 Å². The van der Waals surface area contributed by atoms with Crippen LogP contribution in [0.25, 0.3) is 0 Å². The standard InChI is InChI=1S/C14H24N2O/c1-10(2)14-9-16(11(3)7-15-14)8-13-6-5-12(4)17-13/h5-6,10-11,14-15H,7-9H2,1-4H3. The third kappa shape index (κ3) is 3.11. The third-order valence-corrected chi connectivity index (χ3v) is 3.69. The molecule has 1 aromatic heterocycles. The van der Waals surface area contributed by atoms with Crippen molar-refractivity contribution in [1.82, 2.24) is 10.2 Å². The van der Waals surface area contributed by atoms with Crippen LogP contribution in [0.1, 0.15) is 32.3 Å². The van der Waals surface area contributed by atoms with E-state index in [1.807, 2.05) is 13.0 Å². The largest absolute Gasteiger partial charge is 0.465 e. The maximum absolute atomic E-state index is 5.67. The Balaban J connectivity index is 1.98. The Bertz CT molecular complexity index is 359. The van der Waals surface area contributed by atoms with Crippen molar-refractivity contribution in [3.63, 3.8) is 0 Å². The van der Waals surface area contributed by atoms with Gasteiger partial charge in [0.05, 0.1) is 6.54 Å². The maximum atomic E-state index is 5.67. The van der Waals surface area contributed by atoms with Gasteiger partial charge in [0, 0.05) is 25.2 Å². The Morgan fingerprint density at radius 3 is 2.82 bits per heavy atom. The van der Waals surface area contributed by atoms with Gasteiger partial charge in [0.15, 0.2) is 0 Å². The second-order valence-electron chi connectivity index (χ2n) is 5.55. The summed E-state index contributed by atoms with van der Waals surface area (Å²) in [4.78, 5) is 2.51. The van der Waals surface area contributed by atoms with E-state index in [9.17, 15) is 0 Å². The number of hydrogen-bond donors (Lipinski definition) is 1. The zero-order valence-electron chi connectivity index (χ0n) is 11.4. The molecule has 3 nitrogen and oxygen atoms in total. The minimum absolute atomic E-state index is 0.579. The zero-order valence-corrected chi connectivity index (χ0v) is 11.4. The number of rotatable bonds is 3. The molecule has 1 saturated heterocycles. The van der Waals surface area contributed by atoms with Crippen LogP contribution in [0.3, 0.4) is 0 Å². The van der Waals surface area contributed by atoms with E-state index in [0.717, 1.165) is 31.2 Å². The van der Waals surface area contributed by atoms with Crippen molar-refractivity contribution in [2.45, 2.75) is 46.3 Å². The van der Waals surface area contributed by atoms with Gasteiger partial charge in [-0.25, -0.2) is 0 Å². The summed E-state index contributed by atoms with van der Waals surface area (Å²) in [5, 5.41) is 3.62. The lowest BCUT2D eigenvalue weighted by atomic mass is 10.00. The molecule has 2 unspecified atom stereocenters. The first kappa shape index (κ1) is 12.7. The molecule has 2 atom stereocenters. The molecule has 0 aromatic carbocycles. The molecule has 3 heteroatoms. The van der Waals surface area contributed by atoms with Crippen LogP contribution >= 0.6 is 0 Å². The van der Waals surface area contributed by atoms with Gasteiger partial charge >= 0.3 is 0 Å². The van der Waals surface area contributed by atoms with Crippen LogP contribution in [0.2, 0.25) is 0 Å². The molecule has 1 aliphatic rings. The molecule has 96 valence electrons. The van der Waals surface area contributed by atoms with Crippen LogP contribution in [0.4, 0.5) is 0 Å². The minimum Gasteiger partial charge on any atom is -0.465 e. The van der Waals surface area contributed by atoms with Crippen LogP contribution in [0, 0.1) is 12.8 Å². The predicted octanol–water partition coefficient (Wildman–Crippen LogP) is 2.41. The van der Waals surface area contributed by atoms with E-state index in [1.165, 1.54) is 0 Å². The molecule has 1 N–H and O–H groups in total. The smallest absolute Gasteiger partial charge is 0.118 e. The fraction of sp³-hybridized carbons (Fsp3) is 0.714. The lowest BCUT2D eigenvalue weighted by Gasteiger charge is -2.40. The highest BCUT2D eigenvalue weighted by atomic mass is 16.3. The minimum atomic E-state index is 0.579. The summed E-state index contributed by atoms with van der Waals surface area (Å²) in [7, 11) is 0. The van der Waals surface area contributed by atoms with Crippen molar-refractivity contribution in [2.24, 2.45) is 5.92 Å². The topological polar surface area (TPSA) is 28.4 Å². The summed E-state index contributed by atoms with van der Waals surface area (Å²) in [6, 6.07) is 5.31. The third-order valence-electron chi connectivity index (χ3n) is 3.69. The van der Waals surface area contributed by atoms with Gasteiger partial charge in [-0.2, -0.15) is 0 Å². The van der Waals surface area contributed by atoms with E-state index in [2.05, 4.69) is 37.1 Å². The Morgan fingerprint density at radius 2 is 2.24 bits per heavy atom. The number of furan rings is 1. The number of nitrogens with one attached hydrogen (secondary N) is 1. The highest BCUT2D eigenvalue weighted by molar-refractivity contribution is 5.06. The number of hydrogen-bond acceptors (Lipinski definition) is 3. The Labute approximate surface area is 104 Å². The molecule has 1 aromatic rings. The number of aryl methyl sites for hydroxylation is 1. The zero-order chi connectivity index (χ0) is 12.4. The van der Waals surface area contributed by atoms with Gasteiger partial charge in [0.2, 0.25) is 0 Å². The Hall–Kier alpha value is -0.800. The van der Waals surface area contributed by atoms with Crippen LogP contribution in [0.5, 0.6) is 0 Å². The van der Waals surface area contributed by atoms with Crippen molar-refractivity contribution in [3.8, 4) is 0 Å². The van der Waals surface area contributed by atoms with E-state index in [4.69, 9.17) is 4.42 Å². The fourth-order valence-corrected chi connectivity index (χ4v) is 2.39. The van der Waals surface area contributed by atoms with Crippen LogP contribution < -0.4 is 5.32 Å². The van der Waals surface area contributed by atoms with Gasteiger partial charge in [-0.15, -0.1) is 0 Å². The van der Waals surface area contributed by atoms with Crippen molar-refractivity contribution in [2.75, 3.05) is 13.1 Å². The van der Waals surface area contributed by atoms with Crippen LogP contribution in [-0.2, 0) is 6.54 Å². The summed E-state index contributed by atoms with van der Waals surface area (Å²) in [6.45, 7) is 12.0. The van der Waals surface area contributed by atoms with E-state index < -0.39 is 0 Å². The molecule has 0 spiro atoms. The summed E-state index contributed by atoms with van der Waals surface area (Å²) in [5.74, 6) is 2.77. The average Bonchev–Trinajstić information content (AvgIpc) is 2.67. The number of piperazine rings is 1. The van der Waals surface area contributed by atoms with E-state index in [1.54, 1.807) is 0 Å². The van der Waals surface area contributed by atoms with Crippen LogP contribution in [-0.4, -0.2) is 30.1 Å². The van der Waals surface area contributed by atoms with Crippen molar-refractivity contribution < 1.29 is 4.42 Å². The summed E-state index contributed by atoms with van der Waals surface area (Å²) < 4.78 is 5.67. The molecular formula is C14H24N2O. The maximum Gasteiger partial charge on any atom is 0.118 e. The SMILES string of the molecule is Cc1ccc(CN2CC(C(C)C)NCC2C)o1. The van der Waals surface area contributed by atoms with Crippen molar-refractivity contribution in [1.29, 1.82) is 0 Å². The highest BCUT2D eigenvalue weighted by Gasteiger charge is 2.27. The second kappa shape index (κ2) is 5.23. The lowest BCUT2D eigenvalue weighted by Crippen LogP contribution is -2.56. The quantitative estimate of drug-likeness (QED) is 0.873. The highest BCUT2D eigenvalue weighted by Crippen LogP contribution is 2.17. The fourth-order valence-electron chi connectivity index (χ4n) is 2.39. The van der Waals surface area contributed by atoms with Crippen LogP contribution in [0.15, 0.2) is 16.5 Å². The molecule has 0 saturated carbocycles. The first-order valence-corrected chi connectivity index (χ1v) is 6.59. The molecule has 1 fully saturated rings. The Morgan fingerprint density at radius 1 is 1.47 bits per heavy atom. The molecule has 0 aliphatic carbocycles. The van der Waals surface area contributed by atoms with E-state index in [-0.39, 0.29) is 0 Å². The van der Waals surface area contributed by atoms with E-state index >= 15 is 0 Å². The molecule has 17 heavy (non-hydrogen) atoms. The van der Waals surface area contributed by atoms with Gasteiger partial charge in [-0.05, 0) is 31.9 Å². The molecule has 2 rings (SSSR count). The number of nitrogens with zero attached hydrogens (tertiary/aromatic N) is 1. The summed E-state index contributed by atoms with van der Waals surface area (Å²) >= 11 is 0. The van der Waals surface area contributed by atoms with Crippen molar-refractivity contribution >= 4 is 0 Å². The lowest BCUT2D eigenvalue weighted by molar-refractivity contribution is 0.108. The predicted molar refractivity (Wildman–Crippen MR) is 69.9 cm³/mol. The molecule has 0 radical (unpaired) electrons. The van der Waals surface area contributed by atoms with E-state index in [0.29, 0.717) is 18.0 Å². The molecule has 2 heterocycles. The first-order chi connectivity index (χ1) is 8.06. The summed E-state index contributed by atoms with van der Waals surface area (Å²) in [6.07, 6.45) is 0. The summed E-state index contributed by atoms with van der Waals surface area (Å²) in [5.41, 5.74) is 0. The van der Waals surface area contributed by atoms with Gasteiger partial charge in [0.1, 0.15) is 11.5 Å². The normalized spacial score (nSPS) is 26.6. The Kier molecular flexibility index (Phi) is 3.89. The van der Waals surface area contributed by atoms with Gasteiger partial charge in [-0.3, -0.25) is 4.90 Å². The second-order valence-corrected chi connectivity index (χ2v) is 5.55. The monoisotopic (exact) mass is 236 g/mol. The van der Waals surface area contributed by atoms with Gasteiger partial charge in [0.25, 0.3) is 0 Å². The molecule has 1 aliphatic heterocycles. The first-order valence-electron chi connectivity index (χ1n) is 6.59. The molecule has 0 bridgehead atoms.